The lowest BCUT2D eigenvalue weighted by Gasteiger charge is -2.38. The minimum Gasteiger partial charge on any atom is -0.467 e. The second-order valence-electron chi connectivity index (χ2n) is 8.70. The molecule has 1 amide bonds. The molecule has 0 aliphatic heterocycles. The van der Waals surface area contributed by atoms with Crippen LogP contribution in [0.3, 0.4) is 0 Å². The fourth-order valence-corrected chi connectivity index (χ4v) is 5.00. The van der Waals surface area contributed by atoms with Gasteiger partial charge >= 0.3 is 6.01 Å². The first-order valence-corrected chi connectivity index (χ1v) is 11.2. The Kier molecular flexibility index (Phi) is 5.53. The van der Waals surface area contributed by atoms with Crippen molar-refractivity contribution in [2.75, 3.05) is 25.2 Å². The van der Waals surface area contributed by atoms with Crippen molar-refractivity contribution >= 4 is 23.4 Å². The summed E-state index contributed by atoms with van der Waals surface area (Å²) in [5.74, 6) is 2.75. The number of fused-ring (bicyclic) bond motifs is 1. The predicted octanol–water partition coefficient (Wildman–Crippen LogP) is 3.53. The molecule has 9 nitrogen and oxygen atoms in total. The van der Waals surface area contributed by atoms with Crippen LogP contribution in [-0.4, -0.2) is 50.9 Å². The number of aromatic nitrogens is 4. The number of hydrogen-bond acceptors (Lipinski definition) is 8. The van der Waals surface area contributed by atoms with E-state index in [2.05, 4.69) is 25.3 Å². The minimum atomic E-state index is -0.0696. The Labute approximate surface area is 192 Å². The number of amides is 1. The predicted molar refractivity (Wildman–Crippen MR) is 125 cm³/mol. The summed E-state index contributed by atoms with van der Waals surface area (Å²) in [5, 5.41) is 3.15. The number of nitrogens with two attached hydrogens (primary N) is 1. The van der Waals surface area contributed by atoms with E-state index in [1.165, 1.54) is 26.4 Å². The van der Waals surface area contributed by atoms with Gasteiger partial charge in [0.2, 0.25) is 0 Å². The van der Waals surface area contributed by atoms with Crippen LogP contribution in [-0.2, 0) is 0 Å². The second kappa shape index (κ2) is 8.65. The molecule has 0 spiro atoms. The monoisotopic (exact) mass is 445 g/mol. The van der Waals surface area contributed by atoms with Gasteiger partial charge in [-0.3, -0.25) is 4.79 Å². The molecular weight excluding hydrogens is 418 g/mol. The highest BCUT2D eigenvalue weighted by Crippen LogP contribution is 2.48. The van der Waals surface area contributed by atoms with Crippen molar-refractivity contribution in [3.63, 3.8) is 0 Å². The highest BCUT2D eigenvalue weighted by atomic mass is 16.5. The Morgan fingerprint density at radius 3 is 2.64 bits per heavy atom. The lowest BCUT2D eigenvalue weighted by Crippen LogP contribution is -2.43. The van der Waals surface area contributed by atoms with Gasteiger partial charge in [0.1, 0.15) is 17.5 Å². The van der Waals surface area contributed by atoms with E-state index in [0.717, 1.165) is 23.5 Å². The third kappa shape index (κ3) is 4.06. The molecule has 3 N–H and O–H groups in total. The summed E-state index contributed by atoms with van der Waals surface area (Å²) < 4.78 is 5.07. The quantitative estimate of drug-likeness (QED) is 0.591. The third-order valence-electron chi connectivity index (χ3n) is 6.94. The van der Waals surface area contributed by atoms with Gasteiger partial charge in [-0.2, -0.15) is 4.98 Å². The van der Waals surface area contributed by atoms with Crippen LogP contribution in [0.15, 0.2) is 42.9 Å². The van der Waals surface area contributed by atoms with E-state index < -0.39 is 0 Å². The molecule has 0 radical (unpaired) electrons. The van der Waals surface area contributed by atoms with Crippen LogP contribution < -0.4 is 15.8 Å². The fraction of sp³-hybridized carbons (Fsp3) is 0.375. The smallest absolute Gasteiger partial charge is 0.318 e. The van der Waals surface area contributed by atoms with Gasteiger partial charge in [0.15, 0.2) is 0 Å². The topological polar surface area (TPSA) is 119 Å². The van der Waals surface area contributed by atoms with Crippen LogP contribution in [0.5, 0.6) is 6.01 Å². The highest BCUT2D eigenvalue weighted by Gasteiger charge is 2.45. The zero-order valence-electron chi connectivity index (χ0n) is 18.7. The van der Waals surface area contributed by atoms with Crippen molar-refractivity contribution in [1.29, 1.82) is 0 Å². The number of nitrogen functional groups attached to an aromatic ring is 1. The number of nitrogens with one attached hydrogen (secondary N) is 1. The van der Waals surface area contributed by atoms with Crippen molar-refractivity contribution in [3.05, 3.63) is 48.4 Å². The highest BCUT2D eigenvalue weighted by molar-refractivity contribution is 5.99. The molecule has 2 fully saturated rings. The summed E-state index contributed by atoms with van der Waals surface area (Å²) in [6.45, 7) is 0. The van der Waals surface area contributed by atoms with Crippen LogP contribution in [0.25, 0.3) is 11.1 Å². The SMILES string of the molecule is COc1nccc(Nc2cc(-c3cnc(N)c(C(=O)N(C)C4CCC5CCC54)c3)ccn2)n1. The molecule has 170 valence electrons. The largest absolute Gasteiger partial charge is 0.467 e. The molecule has 2 saturated carbocycles. The maximum absolute atomic E-state index is 13.3. The molecule has 3 unspecified atom stereocenters. The molecule has 2 aliphatic rings. The van der Waals surface area contributed by atoms with Crippen LogP contribution in [0.1, 0.15) is 36.0 Å². The molecule has 9 heteroatoms. The van der Waals surface area contributed by atoms with E-state index in [1.54, 1.807) is 24.7 Å². The molecule has 3 heterocycles. The van der Waals surface area contributed by atoms with E-state index in [1.807, 2.05) is 30.1 Å². The second-order valence-corrected chi connectivity index (χ2v) is 8.70. The van der Waals surface area contributed by atoms with Gasteiger partial charge in [0.05, 0.1) is 12.7 Å². The molecule has 33 heavy (non-hydrogen) atoms. The summed E-state index contributed by atoms with van der Waals surface area (Å²) in [6, 6.07) is 7.84. The van der Waals surface area contributed by atoms with Crippen molar-refractivity contribution in [2.24, 2.45) is 11.8 Å². The number of rotatable bonds is 6. The molecule has 3 aromatic rings. The van der Waals surface area contributed by atoms with Gasteiger partial charge in [-0.15, -0.1) is 0 Å². The zero-order chi connectivity index (χ0) is 22.9. The third-order valence-corrected chi connectivity index (χ3v) is 6.94. The number of hydrogen-bond donors (Lipinski definition) is 2. The van der Waals surface area contributed by atoms with Gasteiger partial charge in [-0.25, -0.2) is 15.0 Å². The van der Waals surface area contributed by atoms with Crippen LogP contribution in [0.2, 0.25) is 0 Å². The van der Waals surface area contributed by atoms with E-state index in [-0.39, 0.29) is 17.7 Å². The average Bonchev–Trinajstić information content (AvgIpc) is 3.12. The molecule has 5 rings (SSSR count). The molecule has 3 atom stereocenters. The summed E-state index contributed by atoms with van der Waals surface area (Å²) in [4.78, 5) is 32.1. The number of nitrogens with zero attached hydrogens (tertiary/aromatic N) is 5. The van der Waals surface area contributed by atoms with Crippen LogP contribution >= 0.6 is 0 Å². The van der Waals surface area contributed by atoms with E-state index in [0.29, 0.717) is 29.2 Å². The summed E-state index contributed by atoms with van der Waals surface area (Å²) in [5.41, 5.74) is 8.22. The molecule has 0 bridgehead atoms. The minimum absolute atomic E-state index is 0.0696. The van der Waals surface area contributed by atoms with E-state index in [9.17, 15) is 4.79 Å². The van der Waals surface area contributed by atoms with Gasteiger partial charge < -0.3 is 20.7 Å². The average molecular weight is 446 g/mol. The van der Waals surface area contributed by atoms with E-state index >= 15 is 0 Å². The molecule has 2 aliphatic carbocycles. The Morgan fingerprint density at radius 2 is 1.88 bits per heavy atom. The van der Waals surface area contributed by atoms with Crippen LogP contribution in [0.4, 0.5) is 17.5 Å². The van der Waals surface area contributed by atoms with Crippen molar-refractivity contribution < 1.29 is 9.53 Å². The summed E-state index contributed by atoms with van der Waals surface area (Å²) >= 11 is 0. The number of anilines is 3. The van der Waals surface area contributed by atoms with Crippen molar-refractivity contribution in [3.8, 4) is 17.1 Å². The Balaban J connectivity index is 1.38. The lowest BCUT2D eigenvalue weighted by atomic mass is 9.74. The number of ether oxygens (including phenoxy) is 1. The first-order chi connectivity index (χ1) is 16.0. The standard InChI is InChI=1S/C24H27N7O2/c1-31(19-6-4-14-3-5-17(14)19)23(32)18-11-16(13-28-22(18)25)15-7-9-26-21(12-15)29-20-8-10-27-24(30-20)33-2/h7-14,17,19H,3-6H2,1-2H3,(H2,25,28)(H,26,27,29,30). The molecule has 3 aromatic heterocycles. The Morgan fingerprint density at radius 1 is 1.06 bits per heavy atom. The van der Waals surface area contributed by atoms with Gasteiger partial charge in [-0.1, -0.05) is 0 Å². The van der Waals surface area contributed by atoms with Gasteiger partial charge in [0, 0.05) is 37.2 Å². The van der Waals surface area contributed by atoms with Crippen molar-refractivity contribution in [1.82, 2.24) is 24.8 Å². The summed E-state index contributed by atoms with van der Waals surface area (Å²) in [7, 11) is 3.41. The van der Waals surface area contributed by atoms with Gasteiger partial charge in [-0.05, 0) is 67.3 Å². The normalized spacial score (nSPS) is 21.1. The number of methoxy groups -OCH3 is 1. The number of pyridine rings is 2. The Bertz CT molecular complexity index is 1180. The molecule has 0 saturated heterocycles. The summed E-state index contributed by atoms with van der Waals surface area (Å²) in [6.07, 6.45) is 9.76. The van der Waals surface area contributed by atoms with Crippen molar-refractivity contribution in [2.45, 2.75) is 31.7 Å². The lowest BCUT2D eigenvalue weighted by molar-refractivity contribution is 0.0610. The fourth-order valence-electron chi connectivity index (χ4n) is 5.00. The van der Waals surface area contributed by atoms with E-state index in [4.69, 9.17) is 10.5 Å². The maximum atomic E-state index is 13.3. The zero-order valence-corrected chi connectivity index (χ0v) is 18.7. The first kappa shape index (κ1) is 21.1. The molecule has 0 aromatic carbocycles. The Hall–Kier alpha value is -3.75. The maximum Gasteiger partial charge on any atom is 0.318 e. The van der Waals surface area contributed by atoms with Crippen LogP contribution in [0, 0.1) is 11.8 Å². The number of carbonyl (C=O) groups is 1. The first-order valence-electron chi connectivity index (χ1n) is 11.2. The number of carbonyl (C=O) groups excluding carboxylic acids is 1. The van der Waals surface area contributed by atoms with Gasteiger partial charge in [0.25, 0.3) is 5.91 Å². The molecular formula is C24H27N7O2.